The zero-order valence-electron chi connectivity index (χ0n) is 27.5. The lowest BCUT2D eigenvalue weighted by Crippen LogP contribution is -2.67. The summed E-state index contributed by atoms with van der Waals surface area (Å²) in [5.74, 6) is -5.34. The Morgan fingerprint density at radius 2 is 1.81 bits per heavy atom. The van der Waals surface area contributed by atoms with Crippen molar-refractivity contribution in [1.82, 2.24) is 15.5 Å². The summed E-state index contributed by atoms with van der Waals surface area (Å²) in [4.78, 5) is 77.1. The number of carbonyl (C=O) groups is 2. The number of hydrogen-bond donors (Lipinski definition) is 10. The Labute approximate surface area is 300 Å². The van der Waals surface area contributed by atoms with Crippen molar-refractivity contribution in [3.8, 4) is 0 Å². The van der Waals surface area contributed by atoms with E-state index >= 15 is 0 Å². The van der Waals surface area contributed by atoms with Crippen LogP contribution in [0, 0.1) is 5.41 Å². The number of nitrogens with two attached hydrogens (primary N) is 1. The van der Waals surface area contributed by atoms with Gasteiger partial charge < -0.3 is 60.4 Å². The molecule has 0 aromatic heterocycles. The molecule has 4 aliphatic rings. The highest BCUT2D eigenvalue weighted by Gasteiger charge is 2.69. The van der Waals surface area contributed by atoms with Crippen LogP contribution in [0.4, 0.5) is 0 Å². The SMILES string of the molecule is CC(C)(COP(=O)(O)OP(=O)(O)OC[C@H]1O[C@]2(OCCOC34N=CN=C(N)C3=NCN42)[C@H](O)[C@@H]1OP(=O)(O)O)[C@@H](O)C(=O)NCCC(=O)NCCS. The Kier molecular flexibility index (Phi) is 13.7. The topological polar surface area (TPSA) is 362 Å². The third-order valence-corrected chi connectivity index (χ3v) is 11.0. The first-order chi connectivity index (χ1) is 24.1. The van der Waals surface area contributed by atoms with Crippen molar-refractivity contribution in [2.24, 2.45) is 26.1 Å². The summed E-state index contributed by atoms with van der Waals surface area (Å²) in [5.41, 5.74) is 4.34. The third kappa shape index (κ3) is 9.90. The molecule has 4 rings (SSSR count). The van der Waals surface area contributed by atoms with Crippen LogP contribution in [0.1, 0.15) is 20.3 Å². The second kappa shape index (κ2) is 16.5. The Balaban J connectivity index is 1.40. The summed E-state index contributed by atoms with van der Waals surface area (Å²) in [6.45, 7) is -0.300. The molecule has 0 bridgehead atoms. The standard InChI is InChI=1S/C23H40N7O18P3S/c1-21(2,18(33)20(34)26-4-3-14(31)25-5-8-52)10-45-51(40,41)48-50(38,39)44-9-13-15(47-49(35,36)37)17(32)23(46-13)30-12-28-16-19(24)27-11-29-22(16,30)42-6-7-43-23/h11,13,15,17-18,32-33,52H,3-10,12H2,1-2H3,(H,25,31)(H,26,34)(H,38,39)(H,40,41)(H2,24,27,29)(H2,35,36,37)/t13-,15-,17-,18+,22?,23-/m1/s1. The number of phosphoric acid groups is 3. The first-order valence-corrected chi connectivity index (χ1v) is 20.3. The van der Waals surface area contributed by atoms with E-state index < -0.39 is 84.2 Å². The first kappa shape index (κ1) is 43.0. The van der Waals surface area contributed by atoms with Crippen LogP contribution in [0.5, 0.6) is 0 Å². The third-order valence-electron chi connectivity index (χ3n) is 7.70. The first-order valence-electron chi connectivity index (χ1n) is 15.2. The van der Waals surface area contributed by atoms with Crippen molar-refractivity contribution in [3.63, 3.8) is 0 Å². The molecule has 296 valence electrons. The van der Waals surface area contributed by atoms with Gasteiger partial charge in [0.15, 0.2) is 11.9 Å². The van der Waals surface area contributed by atoms with E-state index in [1.807, 2.05) is 0 Å². The predicted molar refractivity (Wildman–Crippen MR) is 176 cm³/mol. The van der Waals surface area contributed by atoms with Gasteiger partial charge in [0.1, 0.15) is 37.0 Å². The number of amides is 2. The summed E-state index contributed by atoms with van der Waals surface area (Å²) >= 11 is 3.96. The van der Waals surface area contributed by atoms with Crippen molar-refractivity contribution in [3.05, 3.63) is 0 Å². The molecule has 29 heteroatoms. The smallest absolute Gasteiger partial charge is 0.383 e. The molecule has 2 fully saturated rings. The summed E-state index contributed by atoms with van der Waals surface area (Å²) < 4.78 is 73.4. The lowest BCUT2D eigenvalue weighted by atomic mass is 9.87. The van der Waals surface area contributed by atoms with Gasteiger partial charge in [0.25, 0.3) is 11.8 Å². The van der Waals surface area contributed by atoms with E-state index in [0.717, 1.165) is 11.2 Å². The van der Waals surface area contributed by atoms with E-state index in [-0.39, 0.29) is 50.3 Å². The number of rotatable bonds is 17. The van der Waals surface area contributed by atoms with Gasteiger partial charge >= 0.3 is 23.5 Å². The molecule has 3 unspecified atom stereocenters. The van der Waals surface area contributed by atoms with Gasteiger partial charge in [0.2, 0.25) is 11.8 Å². The maximum Gasteiger partial charge on any atom is 0.481 e. The molecule has 0 radical (unpaired) electrons. The fraction of sp³-hybridized carbons (Fsp3) is 0.783. The molecule has 10 N–H and O–H groups in total. The van der Waals surface area contributed by atoms with E-state index in [9.17, 15) is 53.1 Å². The van der Waals surface area contributed by atoms with Gasteiger partial charge in [0.05, 0.1) is 26.4 Å². The zero-order valence-corrected chi connectivity index (χ0v) is 31.1. The van der Waals surface area contributed by atoms with E-state index in [0.29, 0.717) is 12.3 Å². The summed E-state index contributed by atoms with van der Waals surface area (Å²) in [7, 11) is -16.6. The minimum atomic E-state index is -5.63. The molecule has 0 saturated carbocycles. The Hall–Kier alpha value is -1.77. The lowest BCUT2D eigenvalue weighted by Gasteiger charge is -2.43. The van der Waals surface area contributed by atoms with Crippen molar-refractivity contribution < 1.29 is 85.2 Å². The Morgan fingerprint density at radius 3 is 2.48 bits per heavy atom. The number of amidine groups is 1. The molecule has 0 aromatic rings. The van der Waals surface area contributed by atoms with Crippen LogP contribution < -0.4 is 16.4 Å². The number of fused-ring (bicyclic) bond motifs is 1. The largest absolute Gasteiger partial charge is 0.481 e. The summed E-state index contributed by atoms with van der Waals surface area (Å²) in [6.07, 6.45) is -6.99. The molecule has 2 saturated heterocycles. The predicted octanol–water partition coefficient (Wildman–Crippen LogP) is -3.12. The van der Waals surface area contributed by atoms with Gasteiger partial charge in [-0.2, -0.15) is 21.8 Å². The highest BCUT2D eigenvalue weighted by Crippen LogP contribution is 2.61. The minimum absolute atomic E-state index is 0.00401. The lowest BCUT2D eigenvalue weighted by molar-refractivity contribution is -0.347. The highest BCUT2D eigenvalue weighted by atomic mass is 32.1. The van der Waals surface area contributed by atoms with Crippen molar-refractivity contribution in [1.29, 1.82) is 0 Å². The average molecular weight is 828 g/mol. The highest BCUT2D eigenvalue weighted by molar-refractivity contribution is 7.80. The second-order valence-corrected chi connectivity index (χ2v) is 16.7. The molecule has 8 atom stereocenters. The van der Waals surface area contributed by atoms with Gasteiger partial charge in [-0.15, -0.1) is 0 Å². The minimum Gasteiger partial charge on any atom is -0.383 e. The molecule has 0 aliphatic carbocycles. The van der Waals surface area contributed by atoms with Crippen LogP contribution in [-0.2, 0) is 55.4 Å². The van der Waals surface area contributed by atoms with Crippen LogP contribution >= 0.6 is 36.1 Å². The number of ether oxygens (including phenoxy) is 3. The number of hydrogen-bond acceptors (Lipinski definition) is 20. The summed E-state index contributed by atoms with van der Waals surface area (Å²) in [6, 6.07) is 0. The fourth-order valence-corrected chi connectivity index (χ4v) is 8.18. The normalized spacial score (nSPS) is 30.7. The van der Waals surface area contributed by atoms with Crippen LogP contribution in [-0.4, -0.2) is 153 Å². The molecule has 0 aromatic carbocycles. The quantitative estimate of drug-likeness (QED) is 0.0512. The van der Waals surface area contributed by atoms with E-state index in [1.54, 1.807) is 0 Å². The van der Waals surface area contributed by atoms with Crippen molar-refractivity contribution in [2.45, 2.75) is 56.4 Å². The Bertz CT molecular complexity index is 1600. The second-order valence-electron chi connectivity index (χ2n) is 12.0. The monoisotopic (exact) mass is 827 g/mol. The van der Waals surface area contributed by atoms with Crippen LogP contribution in [0.2, 0.25) is 0 Å². The molecule has 4 aliphatic heterocycles. The molecule has 2 amide bonds. The van der Waals surface area contributed by atoms with Crippen molar-refractivity contribution >= 4 is 65.8 Å². The van der Waals surface area contributed by atoms with Gasteiger partial charge in [-0.1, -0.05) is 13.8 Å². The zero-order chi connectivity index (χ0) is 38.8. The van der Waals surface area contributed by atoms with E-state index in [2.05, 4.69) is 42.6 Å². The van der Waals surface area contributed by atoms with Crippen LogP contribution in [0.3, 0.4) is 0 Å². The summed E-state index contributed by atoms with van der Waals surface area (Å²) in [5, 5.41) is 26.7. The molecule has 52 heavy (non-hydrogen) atoms. The number of phosphoric ester groups is 3. The maximum absolute atomic E-state index is 12.8. The van der Waals surface area contributed by atoms with Crippen molar-refractivity contribution in [2.75, 3.05) is 51.9 Å². The average Bonchev–Trinajstić information content (AvgIpc) is 3.50. The molecular formula is C23H40N7O18P3S. The number of aliphatic hydroxyl groups is 2. The maximum atomic E-state index is 12.8. The molecular weight excluding hydrogens is 787 g/mol. The number of nitrogens with one attached hydrogen (secondary N) is 2. The number of nitrogens with zero attached hydrogens (tertiary/aromatic N) is 4. The van der Waals surface area contributed by atoms with Gasteiger partial charge in [-0.25, -0.2) is 23.7 Å². The van der Waals surface area contributed by atoms with E-state index in [1.165, 1.54) is 13.8 Å². The van der Waals surface area contributed by atoms with Crippen LogP contribution in [0.15, 0.2) is 15.0 Å². The van der Waals surface area contributed by atoms with Gasteiger partial charge in [-0.05, 0) is 0 Å². The number of thiol groups is 1. The number of aliphatic hydroxyl groups excluding tert-OH is 2. The van der Waals surface area contributed by atoms with E-state index in [4.69, 9.17) is 33.5 Å². The molecule has 2 spiro atoms. The van der Waals surface area contributed by atoms with Gasteiger partial charge in [0, 0.05) is 30.7 Å². The Morgan fingerprint density at radius 1 is 1.13 bits per heavy atom. The van der Waals surface area contributed by atoms with Gasteiger partial charge in [-0.3, -0.25) is 28.2 Å². The number of aliphatic imine (C=N–C) groups is 3. The molecule has 25 nitrogen and oxygen atoms in total. The fourth-order valence-electron chi connectivity index (χ4n) is 5.25. The molecule has 4 heterocycles. The number of carbonyl (C=O) groups excluding carboxylic acids is 2. The van der Waals surface area contributed by atoms with Crippen LogP contribution in [0.25, 0.3) is 0 Å².